The van der Waals surface area contributed by atoms with E-state index in [-0.39, 0.29) is 0 Å². The molecule has 0 atom stereocenters. The molecule has 1 rings (SSSR count). The number of anilines is 1. The van der Waals surface area contributed by atoms with Crippen LogP contribution in [0.5, 0.6) is 0 Å². The lowest BCUT2D eigenvalue weighted by Crippen LogP contribution is -2.17. The number of rotatable bonds is 4. The van der Waals surface area contributed by atoms with Gasteiger partial charge in [0.25, 0.3) is 10.5 Å². The highest BCUT2D eigenvalue weighted by Crippen LogP contribution is 2.21. The number of benzene rings is 1. The number of hydrogen-bond donors (Lipinski definition) is 1. The van der Waals surface area contributed by atoms with Gasteiger partial charge < -0.3 is 0 Å². The summed E-state index contributed by atoms with van der Waals surface area (Å²) in [6.07, 6.45) is 0. The van der Waals surface area contributed by atoms with Gasteiger partial charge in [-0.3, -0.25) is 15.0 Å². The van der Waals surface area contributed by atoms with Crippen LogP contribution < -0.4 is 5.43 Å². The summed E-state index contributed by atoms with van der Waals surface area (Å²) in [4.78, 5) is 21.5. The summed E-state index contributed by atoms with van der Waals surface area (Å²) in [6.45, 7) is 0. The normalized spacial score (nSPS) is 9.44. The second-order valence-corrected chi connectivity index (χ2v) is 4.14. The molecule has 0 aliphatic heterocycles. The first kappa shape index (κ1) is 13.2. The maximum Gasteiger partial charge on any atom is 0.277 e. The Morgan fingerprint density at radius 2 is 1.75 bits per heavy atom. The van der Waals surface area contributed by atoms with Crippen molar-refractivity contribution < 1.29 is 9.59 Å². The first-order chi connectivity index (χ1) is 7.52. The van der Waals surface area contributed by atoms with Crippen molar-refractivity contribution in [2.75, 3.05) is 5.43 Å². The van der Waals surface area contributed by atoms with Crippen molar-refractivity contribution in [2.24, 2.45) is 5.10 Å². The summed E-state index contributed by atoms with van der Waals surface area (Å²) >= 11 is 13.5. The highest BCUT2D eigenvalue weighted by molar-refractivity contribution is 9.10. The molecule has 84 valence electrons. The van der Waals surface area contributed by atoms with Gasteiger partial charge in [-0.2, -0.15) is 5.10 Å². The van der Waals surface area contributed by atoms with Gasteiger partial charge in [-0.15, -0.1) is 0 Å². The summed E-state index contributed by atoms with van der Waals surface area (Å²) in [5.41, 5.74) is 2.53. The van der Waals surface area contributed by atoms with Gasteiger partial charge in [-0.25, -0.2) is 0 Å². The van der Waals surface area contributed by atoms with Crippen molar-refractivity contribution in [2.45, 2.75) is 0 Å². The molecule has 0 fully saturated rings. The Bertz CT molecular complexity index is 447. The maximum atomic E-state index is 10.8. The number of nitrogens with zero attached hydrogens (tertiary/aromatic N) is 1. The number of hydrazone groups is 1. The molecule has 1 aromatic carbocycles. The molecule has 0 spiro atoms. The third kappa shape index (κ3) is 3.59. The molecule has 1 N–H and O–H groups in total. The monoisotopic (exact) mass is 322 g/mol. The van der Waals surface area contributed by atoms with Crippen molar-refractivity contribution in [1.82, 2.24) is 0 Å². The number of halogens is 3. The molecule has 0 aromatic heterocycles. The van der Waals surface area contributed by atoms with Crippen LogP contribution >= 0.6 is 39.1 Å². The van der Waals surface area contributed by atoms with Crippen LogP contribution in [-0.4, -0.2) is 16.2 Å². The van der Waals surface area contributed by atoms with Gasteiger partial charge in [-0.1, -0.05) is 12.1 Å². The second-order valence-electron chi connectivity index (χ2n) is 2.60. The number of carbonyl (C=O) groups excluding carboxylic acids is 2. The van der Waals surface area contributed by atoms with Crippen LogP contribution in [0.25, 0.3) is 0 Å². The Hall–Kier alpha value is -0.910. The fourth-order valence-electron chi connectivity index (χ4n) is 0.833. The van der Waals surface area contributed by atoms with E-state index in [0.29, 0.717) is 5.69 Å². The minimum atomic E-state index is -1.01. The van der Waals surface area contributed by atoms with Crippen molar-refractivity contribution in [3.8, 4) is 0 Å². The Balaban J connectivity index is 2.90. The number of carbonyl (C=O) groups is 2. The van der Waals surface area contributed by atoms with Crippen LogP contribution in [0.4, 0.5) is 5.69 Å². The van der Waals surface area contributed by atoms with Crippen LogP contribution in [-0.2, 0) is 9.59 Å². The molecule has 0 unspecified atom stereocenters. The summed E-state index contributed by atoms with van der Waals surface area (Å²) in [5, 5.41) is 1.50. The van der Waals surface area contributed by atoms with E-state index in [1.54, 1.807) is 24.3 Å². The Morgan fingerprint density at radius 3 is 2.25 bits per heavy atom. The summed E-state index contributed by atoms with van der Waals surface area (Å²) in [6, 6.07) is 7.03. The molecule has 0 radical (unpaired) electrons. The molecule has 7 heteroatoms. The van der Waals surface area contributed by atoms with Crippen LogP contribution in [0.15, 0.2) is 33.8 Å². The molecule has 0 saturated heterocycles. The zero-order chi connectivity index (χ0) is 12.1. The van der Waals surface area contributed by atoms with Crippen molar-refractivity contribution in [3.05, 3.63) is 28.7 Å². The molecule has 0 amide bonds. The van der Waals surface area contributed by atoms with Gasteiger partial charge in [0.15, 0.2) is 0 Å². The van der Waals surface area contributed by atoms with Crippen LogP contribution in [0.2, 0.25) is 0 Å². The van der Waals surface area contributed by atoms with Gasteiger partial charge in [0.05, 0.1) is 5.69 Å². The third-order valence-electron chi connectivity index (χ3n) is 1.53. The van der Waals surface area contributed by atoms with E-state index < -0.39 is 16.2 Å². The van der Waals surface area contributed by atoms with Crippen molar-refractivity contribution in [3.63, 3.8) is 0 Å². The largest absolute Gasteiger partial charge is 0.277 e. The molecule has 0 heterocycles. The lowest BCUT2D eigenvalue weighted by molar-refractivity contribution is -0.109. The van der Waals surface area contributed by atoms with Gasteiger partial charge >= 0.3 is 0 Å². The minimum Gasteiger partial charge on any atom is -0.276 e. The standard InChI is InChI=1S/C9H5BrCl2N2O2/c10-5-3-1-2-4-6(5)13-14-7(8(11)15)9(12)16/h1-4,13H. The number of nitrogens with one attached hydrogen (secondary N) is 1. The predicted molar refractivity (Wildman–Crippen MR) is 66.9 cm³/mol. The average Bonchev–Trinajstić information content (AvgIpc) is 2.20. The predicted octanol–water partition coefficient (Wildman–Crippen LogP) is 2.75. The third-order valence-corrected chi connectivity index (χ3v) is 2.58. The molecular formula is C9H5BrCl2N2O2. The van der Waals surface area contributed by atoms with E-state index in [4.69, 9.17) is 23.2 Å². The topological polar surface area (TPSA) is 58.5 Å². The fourth-order valence-corrected chi connectivity index (χ4v) is 1.51. The first-order valence-electron chi connectivity index (χ1n) is 4.00. The smallest absolute Gasteiger partial charge is 0.276 e. The quantitative estimate of drug-likeness (QED) is 0.401. The number of hydrogen-bond acceptors (Lipinski definition) is 4. The van der Waals surface area contributed by atoms with E-state index in [1.165, 1.54) is 0 Å². The van der Waals surface area contributed by atoms with Crippen LogP contribution in [0.1, 0.15) is 0 Å². The lowest BCUT2D eigenvalue weighted by atomic mass is 10.3. The van der Waals surface area contributed by atoms with E-state index in [0.717, 1.165) is 4.47 Å². The van der Waals surface area contributed by atoms with E-state index in [2.05, 4.69) is 26.5 Å². The van der Waals surface area contributed by atoms with E-state index in [9.17, 15) is 9.59 Å². The van der Waals surface area contributed by atoms with Gasteiger partial charge in [0.1, 0.15) is 0 Å². The number of para-hydroxylation sites is 1. The first-order valence-corrected chi connectivity index (χ1v) is 5.55. The van der Waals surface area contributed by atoms with Gasteiger partial charge in [-0.05, 0) is 51.3 Å². The fraction of sp³-hybridized carbons (Fsp3) is 0. The molecule has 0 saturated carbocycles. The Morgan fingerprint density at radius 1 is 1.19 bits per heavy atom. The molecule has 0 bridgehead atoms. The Kier molecular flexibility index (Phi) is 4.92. The molecule has 4 nitrogen and oxygen atoms in total. The molecular weight excluding hydrogens is 319 g/mol. The molecule has 16 heavy (non-hydrogen) atoms. The summed E-state index contributed by atoms with van der Waals surface area (Å²) < 4.78 is 0.724. The van der Waals surface area contributed by atoms with E-state index in [1.807, 2.05) is 0 Å². The highest BCUT2D eigenvalue weighted by atomic mass is 79.9. The lowest BCUT2D eigenvalue weighted by Gasteiger charge is -2.03. The summed E-state index contributed by atoms with van der Waals surface area (Å²) in [7, 11) is 0. The highest BCUT2D eigenvalue weighted by Gasteiger charge is 2.16. The SMILES string of the molecule is O=C(Cl)C(=NNc1ccccc1Br)C(=O)Cl. The second kappa shape index (κ2) is 5.98. The average molecular weight is 324 g/mol. The Labute approximate surface area is 110 Å². The zero-order valence-corrected chi connectivity index (χ0v) is 10.8. The maximum absolute atomic E-state index is 10.8. The van der Waals surface area contributed by atoms with E-state index >= 15 is 0 Å². The molecule has 0 aliphatic rings. The summed E-state index contributed by atoms with van der Waals surface area (Å²) in [5.74, 6) is 0. The van der Waals surface area contributed by atoms with Gasteiger partial charge in [0.2, 0.25) is 5.71 Å². The van der Waals surface area contributed by atoms with Crippen LogP contribution in [0, 0.1) is 0 Å². The molecule has 1 aromatic rings. The van der Waals surface area contributed by atoms with Crippen molar-refractivity contribution >= 4 is 61.0 Å². The van der Waals surface area contributed by atoms with Gasteiger partial charge in [0, 0.05) is 4.47 Å². The van der Waals surface area contributed by atoms with Crippen LogP contribution in [0.3, 0.4) is 0 Å². The van der Waals surface area contributed by atoms with Crippen molar-refractivity contribution in [1.29, 1.82) is 0 Å². The zero-order valence-electron chi connectivity index (χ0n) is 7.71. The molecule has 0 aliphatic carbocycles. The minimum absolute atomic E-state index is 0.556.